The number of nitriles is 1. The van der Waals surface area contributed by atoms with Crippen LogP contribution in [0.1, 0.15) is 5.56 Å². The molecule has 7 rings (SSSR count). The Kier molecular flexibility index (Phi) is 4.44. The maximum Gasteiger partial charge on any atom is 0.214 e. The molecule has 0 radical (unpaired) electrons. The quantitative estimate of drug-likeness (QED) is 0.245. The van der Waals surface area contributed by atoms with Crippen molar-refractivity contribution in [3.05, 3.63) is 102 Å². The molecule has 0 atom stereocenters. The Balaban J connectivity index is 1.45. The van der Waals surface area contributed by atoms with E-state index < -0.39 is 0 Å². The fraction of sp³-hybridized carbons (Fsp3) is 0. The largest absolute Gasteiger partial charge is 0.455 e. The SMILES string of the molecule is [C-]#[N+]c1cncc2nc(-c3cccc4c3oc3c(-c5ccc6c(C#N)cncc6n5)cccc34)ccc12. The predicted octanol–water partition coefficient (Wildman–Crippen LogP) is 7.23. The second kappa shape index (κ2) is 7.94. The highest BCUT2D eigenvalue weighted by Crippen LogP contribution is 2.39. The average molecular weight is 474 g/mol. The second-order valence-electron chi connectivity index (χ2n) is 8.56. The normalized spacial score (nSPS) is 11.2. The first-order valence-corrected chi connectivity index (χ1v) is 11.5. The van der Waals surface area contributed by atoms with Gasteiger partial charge in [-0.2, -0.15) is 5.26 Å². The van der Waals surface area contributed by atoms with Crippen molar-refractivity contribution >= 4 is 49.4 Å². The van der Waals surface area contributed by atoms with E-state index in [1.165, 1.54) is 0 Å². The van der Waals surface area contributed by atoms with Gasteiger partial charge >= 0.3 is 0 Å². The first kappa shape index (κ1) is 20.7. The summed E-state index contributed by atoms with van der Waals surface area (Å²) in [5.41, 5.74) is 6.89. The van der Waals surface area contributed by atoms with Crippen molar-refractivity contribution in [3.63, 3.8) is 0 Å². The van der Waals surface area contributed by atoms with Crippen LogP contribution in [0.4, 0.5) is 5.69 Å². The zero-order chi connectivity index (χ0) is 24.9. The Morgan fingerprint density at radius 3 is 1.89 bits per heavy atom. The van der Waals surface area contributed by atoms with Crippen LogP contribution >= 0.6 is 0 Å². The highest BCUT2D eigenvalue weighted by Gasteiger charge is 2.17. The van der Waals surface area contributed by atoms with Gasteiger partial charge in [0, 0.05) is 45.1 Å². The van der Waals surface area contributed by atoms with E-state index in [1.54, 1.807) is 24.8 Å². The van der Waals surface area contributed by atoms with E-state index in [0.717, 1.165) is 55.2 Å². The minimum Gasteiger partial charge on any atom is -0.455 e. The number of fused-ring (bicyclic) bond motifs is 5. The zero-order valence-corrected chi connectivity index (χ0v) is 19.2. The fourth-order valence-electron chi connectivity index (χ4n) is 4.79. The third-order valence-electron chi connectivity index (χ3n) is 6.53. The molecule has 0 aliphatic carbocycles. The molecule has 7 aromatic rings. The number of para-hydroxylation sites is 2. The summed E-state index contributed by atoms with van der Waals surface area (Å²) in [5, 5.41) is 12.9. The highest BCUT2D eigenvalue weighted by atomic mass is 16.3. The van der Waals surface area contributed by atoms with E-state index in [9.17, 15) is 5.26 Å². The van der Waals surface area contributed by atoms with Crippen molar-refractivity contribution in [2.75, 3.05) is 0 Å². The van der Waals surface area contributed by atoms with Crippen molar-refractivity contribution in [2.24, 2.45) is 0 Å². The number of pyridine rings is 4. The molecule has 170 valence electrons. The topological polar surface area (TPSA) is 92.8 Å². The lowest BCUT2D eigenvalue weighted by Crippen LogP contribution is -1.89. The lowest BCUT2D eigenvalue weighted by molar-refractivity contribution is 0.670. The number of nitrogens with zero attached hydrogens (tertiary/aromatic N) is 6. The Morgan fingerprint density at radius 2 is 1.27 bits per heavy atom. The Hall–Kier alpha value is -5.66. The minimum absolute atomic E-state index is 0.475. The lowest BCUT2D eigenvalue weighted by Gasteiger charge is -2.05. The van der Waals surface area contributed by atoms with Crippen molar-refractivity contribution in [1.29, 1.82) is 5.26 Å². The van der Waals surface area contributed by atoms with Crippen molar-refractivity contribution in [1.82, 2.24) is 19.9 Å². The number of rotatable bonds is 2. The molecule has 0 aliphatic rings. The van der Waals surface area contributed by atoms with Gasteiger partial charge in [0.25, 0.3) is 0 Å². The van der Waals surface area contributed by atoms with E-state index in [2.05, 4.69) is 20.9 Å². The maximum absolute atomic E-state index is 9.39. The number of aromatic nitrogens is 4. The van der Waals surface area contributed by atoms with Gasteiger partial charge in [0.15, 0.2) is 0 Å². The van der Waals surface area contributed by atoms with Crippen molar-refractivity contribution in [3.8, 4) is 28.6 Å². The standard InChI is InChI=1S/C30H14N6O/c1-32-26-14-34-16-28-21(26)9-11-25(36-28)23-7-3-5-20-19-4-2-6-22(29(19)37-30(20)23)24-10-8-18-17(12-31)13-33-15-27(18)35-24/h2-11,13-16H. The number of benzene rings is 2. The summed E-state index contributed by atoms with van der Waals surface area (Å²) in [7, 11) is 0. The van der Waals surface area contributed by atoms with Crippen molar-refractivity contribution < 1.29 is 4.42 Å². The Bertz CT molecular complexity index is 1980. The van der Waals surface area contributed by atoms with Gasteiger partial charge < -0.3 is 4.42 Å². The molecule has 0 N–H and O–H groups in total. The molecule has 0 unspecified atom stereocenters. The fourth-order valence-corrected chi connectivity index (χ4v) is 4.79. The van der Waals surface area contributed by atoms with Crippen LogP contribution < -0.4 is 0 Å². The number of furan rings is 1. The summed E-state index contributed by atoms with van der Waals surface area (Å²) in [6, 6.07) is 21.8. The molecule has 0 fully saturated rings. The van der Waals surface area contributed by atoms with E-state index >= 15 is 0 Å². The molecule has 0 spiro atoms. The molecular formula is C30H14N6O. The summed E-state index contributed by atoms with van der Waals surface area (Å²) in [4.78, 5) is 21.5. The molecule has 0 aliphatic heterocycles. The third-order valence-corrected chi connectivity index (χ3v) is 6.53. The van der Waals surface area contributed by atoms with Crippen LogP contribution in [0.2, 0.25) is 0 Å². The second-order valence-corrected chi connectivity index (χ2v) is 8.56. The summed E-state index contributed by atoms with van der Waals surface area (Å²) in [6.45, 7) is 7.39. The number of hydrogen-bond donors (Lipinski definition) is 0. The van der Waals surface area contributed by atoms with E-state index in [4.69, 9.17) is 21.0 Å². The van der Waals surface area contributed by atoms with E-state index in [0.29, 0.717) is 22.3 Å². The van der Waals surface area contributed by atoms with Gasteiger partial charge in [-0.25, -0.2) is 14.8 Å². The zero-order valence-electron chi connectivity index (χ0n) is 19.2. The smallest absolute Gasteiger partial charge is 0.214 e. The van der Waals surface area contributed by atoms with Gasteiger partial charge in [0.1, 0.15) is 17.2 Å². The van der Waals surface area contributed by atoms with Crippen molar-refractivity contribution in [2.45, 2.75) is 0 Å². The summed E-state index contributed by atoms with van der Waals surface area (Å²) in [5.74, 6) is 0. The first-order chi connectivity index (χ1) is 18.2. The Morgan fingerprint density at radius 1 is 0.676 bits per heavy atom. The van der Waals surface area contributed by atoms with E-state index in [-0.39, 0.29) is 0 Å². The Labute approximate surface area is 210 Å². The van der Waals surface area contributed by atoms with Crippen LogP contribution in [0.3, 0.4) is 0 Å². The minimum atomic E-state index is 0.475. The van der Waals surface area contributed by atoms with Gasteiger partial charge in [-0.05, 0) is 30.3 Å². The summed E-state index contributed by atoms with van der Waals surface area (Å²) < 4.78 is 6.53. The predicted molar refractivity (Wildman–Crippen MR) is 142 cm³/mol. The van der Waals surface area contributed by atoms with Crippen LogP contribution in [0.15, 0.2) is 89.9 Å². The van der Waals surface area contributed by atoms with Crippen LogP contribution in [-0.4, -0.2) is 19.9 Å². The van der Waals surface area contributed by atoms with Crippen LogP contribution in [-0.2, 0) is 0 Å². The molecule has 2 aromatic carbocycles. The van der Waals surface area contributed by atoms with Gasteiger partial charge in [0.2, 0.25) is 5.69 Å². The first-order valence-electron chi connectivity index (χ1n) is 11.5. The monoisotopic (exact) mass is 474 g/mol. The van der Waals surface area contributed by atoms with Gasteiger partial charge in [-0.3, -0.25) is 9.97 Å². The lowest BCUT2D eigenvalue weighted by atomic mass is 10.0. The molecule has 37 heavy (non-hydrogen) atoms. The van der Waals surface area contributed by atoms with Gasteiger partial charge in [-0.15, -0.1) is 0 Å². The van der Waals surface area contributed by atoms with Crippen LogP contribution in [0, 0.1) is 17.9 Å². The third kappa shape index (κ3) is 3.12. The van der Waals surface area contributed by atoms with Crippen LogP contribution in [0.25, 0.3) is 71.1 Å². The summed E-state index contributed by atoms with van der Waals surface area (Å²) >= 11 is 0. The molecule has 5 heterocycles. The molecule has 0 bridgehead atoms. The molecule has 5 aromatic heterocycles. The average Bonchev–Trinajstić information content (AvgIpc) is 3.35. The molecule has 0 saturated carbocycles. The molecule has 0 saturated heterocycles. The number of hydrogen-bond acceptors (Lipinski definition) is 6. The molecular weight excluding hydrogens is 460 g/mol. The van der Waals surface area contributed by atoms with Crippen LogP contribution in [0.5, 0.6) is 0 Å². The highest BCUT2D eigenvalue weighted by molar-refractivity contribution is 6.13. The molecule has 7 heteroatoms. The molecule has 7 nitrogen and oxygen atoms in total. The van der Waals surface area contributed by atoms with E-state index in [1.807, 2.05) is 60.7 Å². The summed E-state index contributed by atoms with van der Waals surface area (Å²) in [6.07, 6.45) is 6.43. The van der Waals surface area contributed by atoms with Gasteiger partial charge in [0.05, 0.1) is 47.0 Å². The molecule has 0 amide bonds. The van der Waals surface area contributed by atoms with Gasteiger partial charge in [-0.1, -0.05) is 30.3 Å². The maximum atomic E-state index is 9.39.